The number of fused-ring (bicyclic) bond motifs is 1. The third kappa shape index (κ3) is 7.42. The van der Waals surface area contributed by atoms with Crippen molar-refractivity contribution in [2.45, 2.75) is 60.0 Å². The van der Waals surface area contributed by atoms with Gasteiger partial charge in [0, 0.05) is 38.8 Å². The zero-order valence-electron chi connectivity index (χ0n) is 27.3. The van der Waals surface area contributed by atoms with Gasteiger partial charge in [0.05, 0.1) is 24.9 Å². The van der Waals surface area contributed by atoms with Gasteiger partial charge in [-0.25, -0.2) is 9.67 Å². The summed E-state index contributed by atoms with van der Waals surface area (Å²) in [5, 5.41) is 4.66. The molecule has 0 radical (unpaired) electrons. The Morgan fingerprint density at radius 2 is 1.62 bits per heavy atom. The van der Waals surface area contributed by atoms with Crippen LogP contribution in [-0.2, 0) is 17.8 Å². The third-order valence-corrected chi connectivity index (χ3v) is 8.51. The Labute approximate surface area is 266 Å². The maximum absolute atomic E-state index is 14.2. The van der Waals surface area contributed by atoms with Crippen molar-refractivity contribution in [1.29, 1.82) is 0 Å². The topological polar surface area (TPSA) is 83.8 Å². The molecule has 0 atom stereocenters. The van der Waals surface area contributed by atoms with Crippen LogP contribution in [0.5, 0.6) is 5.75 Å². The van der Waals surface area contributed by atoms with E-state index in [9.17, 15) is 9.59 Å². The van der Waals surface area contributed by atoms with Crippen molar-refractivity contribution in [1.82, 2.24) is 24.6 Å². The van der Waals surface area contributed by atoms with Gasteiger partial charge in [-0.3, -0.25) is 14.5 Å². The van der Waals surface area contributed by atoms with E-state index < -0.39 is 0 Å². The first kappa shape index (κ1) is 31.9. The highest BCUT2D eigenvalue weighted by Crippen LogP contribution is 2.29. The maximum atomic E-state index is 14.2. The minimum absolute atomic E-state index is 0.0260. The van der Waals surface area contributed by atoms with E-state index in [-0.39, 0.29) is 30.1 Å². The number of hydrogen-bond acceptors (Lipinski definition) is 6. The normalized spacial score (nSPS) is 14.6. The molecule has 0 spiro atoms. The highest BCUT2D eigenvalue weighted by atomic mass is 16.5. The molecule has 45 heavy (non-hydrogen) atoms. The molecule has 2 heterocycles. The number of carbonyl (C=O) groups excluding carboxylic acids is 2. The van der Waals surface area contributed by atoms with Crippen molar-refractivity contribution < 1.29 is 14.3 Å². The summed E-state index contributed by atoms with van der Waals surface area (Å²) in [5.41, 5.74) is 5.74. The molecule has 5 rings (SSSR count). The SMILES string of the molecule is COc1ccc(CC(=O)N2CCCN(C(C)C)CCN(C(=O)c3nc(C)n(-c4ccc(C)cc4)n3)Cc3cccc(C)c32)cc1. The number of carbonyl (C=O) groups is 2. The molecule has 0 bridgehead atoms. The van der Waals surface area contributed by atoms with Crippen LogP contribution in [0.1, 0.15) is 59.0 Å². The second-order valence-corrected chi connectivity index (χ2v) is 12.1. The largest absolute Gasteiger partial charge is 0.497 e. The fraction of sp³-hybridized carbons (Fsp3) is 0.389. The van der Waals surface area contributed by atoms with Crippen LogP contribution < -0.4 is 9.64 Å². The summed E-state index contributed by atoms with van der Waals surface area (Å²) in [4.78, 5) is 38.9. The van der Waals surface area contributed by atoms with E-state index in [0.717, 1.165) is 52.3 Å². The van der Waals surface area contributed by atoms with Gasteiger partial charge in [-0.1, -0.05) is 48.0 Å². The molecule has 0 saturated carbocycles. The highest BCUT2D eigenvalue weighted by Gasteiger charge is 2.28. The molecule has 0 N–H and O–H groups in total. The summed E-state index contributed by atoms with van der Waals surface area (Å²) in [5.74, 6) is 1.37. The summed E-state index contributed by atoms with van der Waals surface area (Å²) in [7, 11) is 1.63. The van der Waals surface area contributed by atoms with E-state index in [0.29, 0.717) is 32.0 Å². The van der Waals surface area contributed by atoms with E-state index in [1.54, 1.807) is 11.8 Å². The van der Waals surface area contributed by atoms with Crippen LogP contribution in [0.2, 0.25) is 0 Å². The molecule has 0 fully saturated rings. The monoisotopic (exact) mass is 608 g/mol. The number of ether oxygens (including phenoxy) is 1. The summed E-state index contributed by atoms with van der Waals surface area (Å²) < 4.78 is 7.02. The van der Waals surface area contributed by atoms with Crippen LogP contribution in [0.3, 0.4) is 0 Å². The van der Waals surface area contributed by atoms with Crippen LogP contribution in [0.4, 0.5) is 5.69 Å². The van der Waals surface area contributed by atoms with E-state index in [1.807, 2.05) is 97.3 Å². The molecular formula is C36H44N6O3. The molecule has 3 aromatic carbocycles. The van der Waals surface area contributed by atoms with Crippen LogP contribution in [0.25, 0.3) is 5.69 Å². The second-order valence-electron chi connectivity index (χ2n) is 12.1. The van der Waals surface area contributed by atoms with Crippen LogP contribution in [0.15, 0.2) is 66.7 Å². The standard InChI is InChI=1S/C36H44N6O3/c1-25(2)39-19-8-20-41(33(43)23-29-13-17-32(45-6)18-14-29)34-27(4)9-7-10-30(34)24-40(22-21-39)36(44)35-37-28(5)42(38-35)31-15-11-26(3)12-16-31/h7,9-18,25H,8,19-24H2,1-6H3. The Kier molecular flexibility index (Phi) is 9.98. The molecular weight excluding hydrogens is 564 g/mol. The van der Waals surface area contributed by atoms with Gasteiger partial charge >= 0.3 is 0 Å². The van der Waals surface area contributed by atoms with E-state index in [1.165, 1.54) is 0 Å². The van der Waals surface area contributed by atoms with Crippen molar-refractivity contribution in [3.05, 3.63) is 101 Å². The average Bonchev–Trinajstić information content (AvgIpc) is 3.40. The quantitative estimate of drug-likeness (QED) is 0.286. The van der Waals surface area contributed by atoms with Gasteiger partial charge in [0.1, 0.15) is 11.6 Å². The fourth-order valence-electron chi connectivity index (χ4n) is 5.93. The Morgan fingerprint density at radius 1 is 0.889 bits per heavy atom. The van der Waals surface area contributed by atoms with Crippen molar-refractivity contribution in [2.75, 3.05) is 38.2 Å². The zero-order valence-corrected chi connectivity index (χ0v) is 27.3. The highest BCUT2D eigenvalue weighted by molar-refractivity contribution is 5.96. The lowest BCUT2D eigenvalue weighted by Crippen LogP contribution is -2.41. The summed E-state index contributed by atoms with van der Waals surface area (Å²) in [6.45, 7) is 13.2. The number of hydrogen-bond donors (Lipinski definition) is 0. The van der Waals surface area contributed by atoms with Gasteiger partial charge < -0.3 is 14.5 Å². The number of aromatic nitrogens is 3. The number of anilines is 1. The maximum Gasteiger partial charge on any atom is 0.293 e. The fourth-order valence-corrected chi connectivity index (χ4v) is 5.93. The van der Waals surface area contributed by atoms with E-state index in [4.69, 9.17) is 4.74 Å². The molecule has 4 aromatic rings. The molecule has 1 aromatic heterocycles. The third-order valence-electron chi connectivity index (χ3n) is 8.51. The first-order valence-electron chi connectivity index (χ1n) is 15.7. The van der Waals surface area contributed by atoms with Crippen molar-refractivity contribution in [3.8, 4) is 11.4 Å². The molecule has 9 heteroatoms. The van der Waals surface area contributed by atoms with Gasteiger partial charge in [0.25, 0.3) is 5.91 Å². The van der Waals surface area contributed by atoms with Gasteiger partial charge in [0.15, 0.2) is 0 Å². The smallest absolute Gasteiger partial charge is 0.293 e. The van der Waals surface area contributed by atoms with E-state index in [2.05, 4.69) is 28.8 Å². The number of nitrogens with zero attached hydrogens (tertiary/aromatic N) is 6. The Morgan fingerprint density at radius 3 is 2.31 bits per heavy atom. The number of rotatable bonds is 6. The van der Waals surface area contributed by atoms with Gasteiger partial charge in [-0.2, -0.15) is 0 Å². The van der Waals surface area contributed by atoms with Crippen molar-refractivity contribution >= 4 is 17.5 Å². The summed E-state index contributed by atoms with van der Waals surface area (Å²) >= 11 is 0. The molecule has 0 unspecified atom stereocenters. The molecule has 236 valence electrons. The summed E-state index contributed by atoms with van der Waals surface area (Å²) in [6.07, 6.45) is 1.09. The number of amides is 2. The first-order chi connectivity index (χ1) is 21.6. The predicted octanol–water partition coefficient (Wildman–Crippen LogP) is 5.53. The number of aryl methyl sites for hydroxylation is 3. The van der Waals surface area contributed by atoms with Gasteiger partial charge in [-0.05, 0) is 82.0 Å². The minimum atomic E-state index is -0.226. The minimum Gasteiger partial charge on any atom is -0.497 e. The van der Waals surface area contributed by atoms with E-state index >= 15 is 0 Å². The average molecular weight is 609 g/mol. The molecule has 1 aliphatic heterocycles. The predicted molar refractivity (Wildman–Crippen MR) is 177 cm³/mol. The number of methoxy groups -OCH3 is 1. The number of para-hydroxylation sites is 1. The lowest BCUT2D eigenvalue weighted by atomic mass is 10.0. The zero-order chi connectivity index (χ0) is 32.1. The lowest BCUT2D eigenvalue weighted by molar-refractivity contribution is -0.118. The Balaban J connectivity index is 1.49. The van der Waals surface area contributed by atoms with Crippen LogP contribution >= 0.6 is 0 Å². The lowest BCUT2D eigenvalue weighted by Gasteiger charge is -2.29. The summed E-state index contributed by atoms with van der Waals surface area (Å²) in [6, 6.07) is 22.0. The van der Waals surface area contributed by atoms with Crippen LogP contribution in [-0.4, -0.2) is 75.7 Å². The molecule has 1 aliphatic rings. The first-order valence-corrected chi connectivity index (χ1v) is 15.7. The molecule has 0 aliphatic carbocycles. The molecule has 0 saturated heterocycles. The Hall–Kier alpha value is -4.50. The molecule has 2 amide bonds. The van der Waals surface area contributed by atoms with Crippen LogP contribution in [0, 0.1) is 20.8 Å². The Bertz CT molecular complexity index is 1630. The van der Waals surface area contributed by atoms with Crippen molar-refractivity contribution in [3.63, 3.8) is 0 Å². The van der Waals surface area contributed by atoms with Gasteiger partial charge in [0.2, 0.25) is 11.7 Å². The molecule has 9 nitrogen and oxygen atoms in total. The van der Waals surface area contributed by atoms with Crippen molar-refractivity contribution in [2.24, 2.45) is 0 Å². The second kappa shape index (κ2) is 14.1. The van der Waals surface area contributed by atoms with Gasteiger partial charge in [-0.15, -0.1) is 5.10 Å². The number of benzene rings is 3.